The van der Waals surface area contributed by atoms with Crippen LogP contribution in [0.15, 0.2) is 24.3 Å². The molecule has 0 spiro atoms. The number of imide groups is 2. The second-order valence-electron chi connectivity index (χ2n) is 5.53. The van der Waals surface area contributed by atoms with Gasteiger partial charge in [0.1, 0.15) is 6.54 Å². The van der Waals surface area contributed by atoms with Gasteiger partial charge < -0.3 is 10.1 Å². The van der Waals surface area contributed by atoms with Crippen molar-refractivity contribution in [1.29, 1.82) is 0 Å². The first kappa shape index (κ1) is 18.1. The number of para-hydroxylation sites is 1. The molecule has 1 heterocycles. The minimum absolute atomic E-state index is 0.123. The number of esters is 1. The smallest absolute Gasteiger partial charge is 0.339 e. The van der Waals surface area contributed by atoms with Crippen molar-refractivity contribution in [3.05, 3.63) is 29.8 Å². The topological polar surface area (TPSA) is 113 Å². The van der Waals surface area contributed by atoms with E-state index in [-0.39, 0.29) is 11.3 Å². The zero-order valence-corrected chi connectivity index (χ0v) is 13.9. The first-order chi connectivity index (χ1) is 11.8. The predicted octanol–water partition coefficient (Wildman–Crippen LogP) is 0.611. The number of carbonyl (C=O) groups excluding carboxylic acids is 5. The number of anilines is 1. The summed E-state index contributed by atoms with van der Waals surface area (Å²) in [6.45, 7) is 2.53. The third kappa shape index (κ3) is 3.49. The SMILES string of the molecule is COC(=O)c1ccccc1NC(=O)CN1C(=O)C(=O)N(C(C)C)C1=O. The molecule has 0 bridgehead atoms. The minimum atomic E-state index is -1.06. The standard InChI is InChI=1S/C16H17N3O6/c1-9(2)19-14(22)13(21)18(16(19)24)8-12(20)17-11-7-5-4-6-10(11)15(23)25-3/h4-7,9H,8H2,1-3H3,(H,17,20). The Hall–Kier alpha value is -3.23. The third-order valence-corrected chi connectivity index (χ3v) is 3.51. The van der Waals surface area contributed by atoms with Gasteiger partial charge in [-0.2, -0.15) is 0 Å². The molecule has 0 atom stereocenters. The largest absolute Gasteiger partial charge is 0.465 e. The molecule has 1 fully saturated rings. The summed E-state index contributed by atoms with van der Waals surface area (Å²) in [5.74, 6) is -3.40. The predicted molar refractivity (Wildman–Crippen MR) is 85.5 cm³/mol. The molecule has 25 heavy (non-hydrogen) atoms. The van der Waals surface area contributed by atoms with E-state index in [1.165, 1.54) is 19.2 Å². The van der Waals surface area contributed by atoms with E-state index in [9.17, 15) is 24.0 Å². The molecule has 0 unspecified atom stereocenters. The van der Waals surface area contributed by atoms with Crippen molar-refractivity contribution < 1.29 is 28.7 Å². The van der Waals surface area contributed by atoms with E-state index >= 15 is 0 Å². The van der Waals surface area contributed by atoms with Crippen LogP contribution in [-0.4, -0.2) is 59.2 Å². The van der Waals surface area contributed by atoms with E-state index in [0.717, 1.165) is 4.90 Å². The van der Waals surface area contributed by atoms with Crippen LogP contribution < -0.4 is 5.32 Å². The van der Waals surface area contributed by atoms with Crippen molar-refractivity contribution in [2.75, 3.05) is 19.0 Å². The second kappa shape index (κ2) is 7.12. The number of amides is 5. The van der Waals surface area contributed by atoms with Gasteiger partial charge in [-0.1, -0.05) is 12.1 Å². The number of rotatable bonds is 5. The number of nitrogens with one attached hydrogen (secondary N) is 1. The van der Waals surface area contributed by atoms with E-state index in [0.29, 0.717) is 4.90 Å². The van der Waals surface area contributed by atoms with Gasteiger partial charge in [-0.25, -0.2) is 14.5 Å². The molecule has 1 aliphatic rings. The Morgan fingerprint density at radius 3 is 2.32 bits per heavy atom. The fourth-order valence-electron chi connectivity index (χ4n) is 2.33. The Labute approximate surface area is 143 Å². The van der Waals surface area contributed by atoms with E-state index in [1.807, 2.05) is 0 Å². The Morgan fingerprint density at radius 2 is 1.76 bits per heavy atom. The van der Waals surface area contributed by atoms with Crippen molar-refractivity contribution in [2.45, 2.75) is 19.9 Å². The number of hydrogen-bond acceptors (Lipinski definition) is 6. The zero-order chi connectivity index (χ0) is 18.7. The third-order valence-electron chi connectivity index (χ3n) is 3.51. The summed E-state index contributed by atoms with van der Waals surface area (Å²) in [5, 5.41) is 2.44. The Kier molecular flexibility index (Phi) is 5.16. The van der Waals surface area contributed by atoms with Gasteiger partial charge in [-0.3, -0.25) is 19.3 Å². The zero-order valence-electron chi connectivity index (χ0n) is 13.9. The molecule has 5 amide bonds. The molecule has 0 aliphatic carbocycles. The number of hydrogen-bond donors (Lipinski definition) is 1. The fraction of sp³-hybridized carbons (Fsp3) is 0.312. The lowest BCUT2D eigenvalue weighted by Crippen LogP contribution is -2.40. The van der Waals surface area contributed by atoms with E-state index in [4.69, 9.17) is 0 Å². The number of benzene rings is 1. The normalized spacial score (nSPS) is 14.3. The summed E-state index contributed by atoms with van der Waals surface area (Å²) in [6.07, 6.45) is 0. The maximum atomic E-state index is 12.2. The molecule has 9 heteroatoms. The molecule has 1 N–H and O–H groups in total. The van der Waals surface area contributed by atoms with Crippen LogP contribution in [0.3, 0.4) is 0 Å². The van der Waals surface area contributed by atoms with Gasteiger partial charge in [0.05, 0.1) is 18.4 Å². The van der Waals surface area contributed by atoms with Crippen LogP contribution in [0.4, 0.5) is 10.5 Å². The van der Waals surface area contributed by atoms with Crippen molar-refractivity contribution in [2.24, 2.45) is 0 Å². The summed E-state index contributed by atoms with van der Waals surface area (Å²) >= 11 is 0. The fourth-order valence-corrected chi connectivity index (χ4v) is 2.33. The maximum absolute atomic E-state index is 12.2. The molecular formula is C16H17N3O6. The molecule has 0 aromatic heterocycles. The van der Waals surface area contributed by atoms with Crippen LogP contribution in [0, 0.1) is 0 Å². The summed E-state index contributed by atoms with van der Waals surface area (Å²) in [4.78, 5) is 61.0. The molecule has 0 radical (unpaired) electrons. The van der Waals surface area contributed by atoms with Crippen LogP contribution in [0.2, 0.25) is 0 Å². The van der Waals surface area contributed by atoms with Crippen LogP contribution in [0.5, 0.6) is 0 Å². The van der Waals surface area contributed by atoms with Crippen molar-refractivity contribution in [1.82, 2.24) is 9.80 Å². The van der Waals surface area contributed by atoms with Gasteiger partial charge in [0.25, 0.3) is 0 Å². The highest BCUT2D eigenvalue weighted by Gasteiger charge is 2.46. The summed E-state index contributed by atoms with van der Waals surface area (Å²) < 4.78 is 4.62. The highest BCUT2D eigenvalue weighted by molar-refractivity contribution is 6.45. The number of nitrogens with zero attached hydrogens (tertiary/aromatic N) is 2. The van der Waals surface area contributed by atoms with Crippen LogP contribution in [-0.2, 0) is 19.1 Å². The van der Waals surface area contributed by atoms with Crippen molar-refractivity contribution in [3.8, 4) is 0 Å². The average molecular weight is 347 g/mol. The minimum Gasteiger partial charge on any atom is -0.465 e. The van der Waals surface area contributed by atoms with Crippen LogP contribution >= 0.6 is 0 Å². The van der Waals surface area contributed by atoms with Gasteiger partial charge >= 0.3 is 23.8 Å². The Bertz CT molecular complexity index is 758. The number of carbonyl (C=O) groups is 5. The average Bonchev–Trinajstić information content (AvgIpc) is 2.78. The van der Waals surface area contributed by atoms with Gasteiger partial charge in [-0.05, 0) is 26.0 Å². The maximum Gasteiger partial charge on any atom is 0.339 e. The van der Waals surface area contributed by atoms with Crippen LogP contribution in [0.25, 0.3) is 0 Å². The van der Waals surface area contributed by atoms with Crippen molar-refractivity contribution in [3.63, 3.8) is 0 Å². The number of urea groups is 1. The summed E-state index contributed by atoms with van der Waals surface area (Å²) in [5.41, 5.74) is 0.294. The molecule has 9 nitrogen and oxygen atoms in total. The van der Waals surface area contributed by atoms with Gasteiger partial charge in [-0.15, -0.1) is 0 Å². The van der Waals surface area contributed by atoms with Gasteiger partial charge in [0.15, 0.2) is 0 Å². The number of methoxy groups -OCH3 is 1. The Balaban J connectivity index is 2.14. The monoisotopic (exact) mass is 347 g/mol. The first-order valence-electron chi connectivity index (χ1n) is 7.44. The van der Waals surface area contributed by atoms with Crippen molar-refractivity contribution >= 4 is 35.4 Å². The molecular weight excluding hydrogens is 330 g/mol. The molecule has 1 aromatic rings. The molecule has 1 saturated heterocycles. The highest BCUT2D eigenvalue weighted by atomic mass is 16.5. The van der Waals surface area contributed by atoms with Crippen LogP contribution in [0.1, 0.15) is 24.2 Å². The van der Waals surface area contributed by atoms with Gasteiger partial charge in [0, 0.05) is 6.04 Å². The molecule has 132 valence electrons. The van der Waals surface area contributed by atoms with E-state index in [2.05, 4.69) is 10.1 Å². The quantitative estimate of drug-likeness (QED) is 0.474. The molecule has 2 rings (SSSR count). The summed E-state index contributed by atoms with van der Waals surface area (Å²) in [7, 11) is 1.20. The molecule has 0 saturated carbocycles. The molecule has 1 aromatic carbocycles. The van der Waals surface area contributed by atoms with Gasteiger partial charge in [0.2, 0.25) is 5.91 Å². The lowest BCUT2D eigenvalue weighted by molar-refractivity contribution is -0.144. The summed E-state index contributed by atoms with van der Waals surface area (Å²) in [6, 6.07) is 4.77. The highest BCUT2D eigenvalue weighted by Crippen LogP contribution is 2.18. The first-order valence-corrected chi connectivity index (χ1v) is 7.44. The van der Waals surface area contributed by atoms with E-state index < -0.39 is 42.3 Å². The Morgan fingerprint density at radius 1 is 1.12 bits per heavy atom. The second-order valence-corrected chi connectivity index (χ2v) is 5.53. The molecule has 1 aliphatic heterocycles. The van der Waals surface area contributed by atoms with E-state index in [1.54, 1.807) is 26.0 Å². The number of ether oxygens (including phenoxy) is 1. The lowest BCUT2D eigenvalue weighted by atomic mass is 10.2. The lowest BCUT2D eigenvalue weighted by Gasteiger charge is -2.18.